The number of anilines is 2. The Morgan fingerprint density at radius 2 is 2.35 bits per heavy atom. The maximum atomic E-state index is 13.4. The number of hydrogen-bond donors (Lipinski definition) is 1. The van der Waals surface area contributed by atoms with E-state index in [-0.39, 0.29) is 0 Å². The highest BCUT2D eigenvalue weighted by molar-refractivity contribution is 7.22. The highest BCUT2D eigenvalue weighted by Crippen LogP contribution is 2.31. The summed E-state index contributed by atoms with van der Waals surface area (Å²) in [5, 5.41) is 0.910. The molecule has 2 aromatic rings. The van der Waals surface area contributed by atoms with E-state index in [0.717, 1.165) is 34.0 Å². The third-order valence-corrected chi connectivity index (χ3v) is 4.13. The van der Waals surface area contributed by atoms with Gasteiger partial charge in [-0.05, 0) is 31.0 Å². The number of halogens is 1. The van der Waals surface area contributed by atoms with Gasteiger partial charge in [0.15, 0.2) is 5.13 Å². The van der Waals surface area contributed by atoms with Gasteiger partial charge in [0, 0.05) is 12.2 Å². The van der Waals surface area contributed by atoms with Gasteiger partial charge in [0.25, 0.3) is 0 Å². The van der Waals surface area contributed by atoms with E-state index >= 15 is 0 Å². The molecule has 2 heterocycles. The Kier molecular flexibility index (Phi) is 2.63. The van der Waals surface area contributed by atoms with E-state index in [1.54, 1.807) is 11.3 Å². The lowest BCUT2D eigenvalue weighted by Gasteiger charge is -2.28. The molecule has 1 unspecified atom stereocenters. The van der Waals surface area contributed by atoms with Gasteiger partial charge in [-0.25, -0.2) is 9.37 Å². The SMILES string of the molecule is Nc1ccc2sc(N3CCCC(F)C3)nc2c1. The first-order chi connectivity index (χ1) is 8.22. The number of aromatic nitrogens is 1. The molecular formula is C12H14FN3S. The summed E-state index contributed by atoms with van der Waals surface area (Å²) >= 11 is 1.61. The van der Waals surface area contributed by atoms with Gasteiger partial charge in [-0.1, -0.05) is 11.3 Å². The second-order valence-corrected chi connectivity index (χ2v) is 5.42. The summed E-state index contributed by atoms with van der Waals surface area (Å²) < 4.78 is 14.5. The minimum Gasteiger partial charge on any atom is -0.399 e. The first-order valence-electron chi connectivity index (χ1n) is 5.77. The molecule has 0 bridgehead atoms. The predicted molar refractivity (Wildman–Crippen MR) is 70.4 cm³/mol. The molecule has 0 aliphatic carbocycles. The van der Waals surface area contributed by atoms with E-state index < -0.39 is 6.17 Å². The van der Waals surface area contributed by atoms with E-state index in [0.29, 0.717) is 13.0 Å². The van der Waals surface area contributed by atoms with Crippen LogP contribution in [-0.2, 0) is 0 Å². The van der Waals surface area contributed by atoms with Crippen LogP contribution in [0.2, 0.25) is 0 Å². The molecule has 3 nitrogen and oxygen atoms in total. The van der Waals surface area contributed by atoms with Crippen LogP contribution in [0.1, 0.15) is 12.8 Å². The van der Waals surface area contributed by atoms with Crippen LogP contribution in [0.3, 0.4) is 0 Å². The van der Waals surface area contributed by atoms with Crippen molar-refractivity contribution in [3.05, 3.63) is 18.2 Å². The van der Waals surface area contributed by atoms with Crippen LogP contribution in [0.15, 0.2) is 18.2 Å². The molecule has 1 aromatic carbocycles. The molecule has 1 atom stereocenters. The molecule has 3 rings (SSSR count). The number of rotatable bonds is 1. The Labute approximate surface area is 103 Å². The number of nitrogens with zero attached hydrogens (tertiary/aromatic N) is 2. The van der Waals surface area contributed by atoms with Crippen LogP contribution in [-0.4, -0.2) is 24.2 Å². The van der Waals surface area contributed by atoms with Crippen molar-refractivity contribution in [3.8, 4) is 0 Å². The lowest BCUT2D eigenvalue weighted by atomic mass is 10.1. The zero-order chi connectivity index (χ0) is 11.8. The number of nitrogens with two attached hydrogens (primary N) is 1. The fraction of sp³-hybridized carbons (Fsp3) is 0.417. The lowest BCUT2D eigenvalue weighted by Crippen LogP contribution is -2.36. The minimum atomic E-state index is -0.721. The fourth-order valence-electron chi connectivity index (χ4n) is 2.17. The standard InChI is InChI=1S/C12H14FN3S/c13-8-2-1-5-16(7-8)12-15-10-6-9(14)3-4-11(10)17-12/h3-4,6,8H,1-2,5,7,14H2. The Morgan fingerprint density at radius 3 is 3.18 bits per heavy atom. The van der Waals surface area contributed by atoms with Gasteiger partial charge in [-0.15, -0.1) is 0 Å². The first kappa shape index (κ1) is 10.8. The van der Waals surface area contributed by atoms with Crippen LogP contribution in [0.25, 0.3) is 10.2 Å². The van der Waals surface area contributed by atoms with Gasteiger partial charge >= 0.3 is 0 Å². The highest BCUT2D eigenvalue weighted by Gasteiger charge is 2.21. The van der Waals surface area contributed by atoms with E-state index in [4.69, 9.17) is 5.73 Å². The van der Waals surface area contributed by atoms with Gasteiger partial charge in [0.05, 0.1) is 16.8 Å². The summed E-state index contributed by atoms with van der Waals surface area (Å²) in [6.07, 6.45) is 0.856. The summed E-state index contributed by atoms with van der Waals surface area (Å²) in [5.41, 5.74) is 7.35. The molecule has 1 aliphatic rings. The Hall–Kier alpha value is -1.36. The molecular weight excluding hydrogens is 237 g/mol. The van der Waals surface area contributed by atoms with Crippen molar-refractivity contribution in [2.24, 2.45) is 0 Å². The second kappa shape index (κ2) is 4.14. The zero-order valence-electron chi connectivity index (χ0n) is 9.40. The van der Waals surface area contributed by atoms with Gasteiger partial charge in [0.2, 0.25) is 0 Å². The Morgan fingerprint density at radius 1 is 1.47 bits per heavy atom. The lowest BCUT2D eigenvalue weighted by molar-refractivity contribution is 0.287. The smallest absolute Gasteiger partial charge is 0.186 e. The summed E-state index contributed by atoms with van der Waals surface area (Å²) in [6.45, 7) is 1.37. The highest BCUT2D eigenvalue weighted by atomic mass is 32.1. The van der Waals surface area contributed by atoms with E-state index in [1.165, 1.54) is 0 Å². The normalized spacial score (nSPS) is 21.0. The number of alkyl halides is 1. The molecule has 2 N–H and O–H groups in total. The third-order valence-electron chi connectivity index (χ3n) is 3.03. The monoisotopic (exact) mass is 251 g/mol. The van der Waals surface area contributed by atoms with Crippen molar-refractivity contribution in [1.82, 2.24) is 4.98 Å². The van der Waals surface area contributed by atoms with Gasteiger partial charge in [0.1, 0.15) is 6.17 Å². The summed E-state index contributed by atoms with van der Waals surface area (Å²) in [7, 11) is 0. The minimum absolute atomic E-state index is 0.468. The average molecular weight is 251 g/mol. The van der Waals surface area contributed by atoms with Crippen LogP contribution >= 0.6 is 11.3 Å². The van der Waals surface area contributed by atoms with Crippen molar-refractivity contribution < 1.29 is 4.39 Å². The predicted octanol–water partition coefficient (Wildman–Crippen LogP) is 2.82. The molecule has 1 saturated heterocycles. The van der Waals surface area contributed by atoms with Crippen LogP contribution < -0.4 is 10.6 Å². The Balaban J connectivity index is 1.94. The number of benzene rings is 1. The van der Waals surface area contributed by atoms with Crippen LogP contribution in [0.4, 0.5) is 15.2 Å². The molecule has 0 amide bonds. The first-order valence-corrected chi connectivity index (χ1v) is 6.59. The average Bonchev–Trinajstić information content (AvgIpc) is 2.72. The van der Waals surface area contributed by atoms with Crippen molar-refractivity contribution in [3.63, 3.8) is 0 Å². The molecule has 90 valence electrons. The summed E-state index contributed by atoms with van der Waals surface area (Å²) in [5.74, 6) is 0. The van der Waals surface area contributed by atoms with Crippen molar-refractivity contribution in [2.45, 2.75) is 19.0 Å². The van der Waals surface area contributed by atoms with Crippen molar-refractivity contribution in [2.75, 3.05) is 23.7 Å². The fourth-order valence-corrected chi connectivity index (χ4v) is 3.15. The molecule has 0 saturated carbocycles. The van der Waals surface area contributed by atoms with Gasteiger partial charge < -0.3 is 10.6 Å². The molecule has 5 heteroatoms. The molecule has 1 aliphatic heterocycles. The molecule has 0 radical (unpaired) electrons. The molecule has 1 aromatic heterocycles. The van der Waals surface area contributed by atoms with Crippen molar-refractivity contribution >= 4 is 32.4 Å². The third kappa shape index (κ3) is 2.07. The molecule has 17 heavy (non-hydrogen) atoms. The topological polar surface area (TPSA) is 42.1 Å². The van der Waals surface area contributed by atoms with E-state index in [2.05, 4.69) is 4.98 Å². The van der Waals surface area contributed by atoms with Gasteiger partial charge in [-0.2, -0.15) is 0 Å². The van der Waals surface area contributed by atoms with Gasteiger partial charge in [-0.3, -0.25) is 0 Å². The van der Waals surface area contributed by atoms with E-state index in [1.807, 2.05) is 23.1 Å². The Bertz CT molecular complexity index is 540. The number of fused-ring (bicyclic) bond motifs is 1. The molecule has 0 spiro atoms. The zero-order valence-corrected chi connectivity index (χ0v) is 10.2. The maximum Gasteiger partial charge on any atom is 0.186 e. The quantitative estimate of drug-likeness (QED) is 0.792. The van der Waals surface area contributed by atoms with Crippen molar-refractivity contribution in [1.29, 1.82) is 0 Å². The second-order valence-electron chi connectivity index (χ2n) is 4.41. The summed E-state index contributed by atoms with van der Waals surface area (Å²) in [6, 6.07) is 5.72. The van der Waals surface area contributed by atoms with Crippen LogP contribution in [0, 0.1) is 0 Å². The number of hydrogen-bond acceptors (Lipinski definition) is 4. The number of nitrogen functional groups attached to an aromatic ring is 1. The number of thiazole rings is 1. The van der Waals surface area contributed by atoms with Crippen LogP contribution in [0.5, 0.6) is 0 Å². The number of piperidine rings is 1. The molecule has 1 fully saturated rings. The van der Waals surface area contributed by atoms with E-state index in [9.17, 15) is 4.39 Å². The maximum absolute atomic E-state index is 13.4. The largest absolute Gasteiger partial charge is 0.399 e. The summed E-state index contributed by atoms with van der Waals surface area (Å²) in [4.78, 5) is 6.57.